The number of aromatic nitrogens is 3. The Balaban J connectivity index is 1.74. The predicted molar refractivity (Wildman–Crippen MR) is 98.4 cm³/mol. The van der Waals surface area contributed by atoms with Crippen molar-refractivity contribution in [3.8, 4) is 11.3 Å². The Morgan fingerprint density at radius 1 is 1.33 bits per heavy atom. The van der Waals surface area contributed by atoms with Gasteiger partial charge in [0.05, 0.1) is 6.54 Å². The van der Waals surface area contributed by atoms with Gasteiger partial charge >= 0.3 is 0 Å². The van der Waals surface area contributed by atoms with Crippen LogP contribution in [0.25, 0.3) is 11.3 Å². The summed E-state index contributed by atoms with van der Waals surface area (Å²) in [6.45, 7) is 4.60. The molecule has 0 radical (unpaired) electrons. The second kappa shape index (κ2) is 7.23. The van der Waals surface area contributed by atoms with E-state index in [2.05, 4.69) is 22.5 Å². The molecule has 0 aliphatic carbocycles. The van der Waals surface area contributed by atoms with Crippen molar-refractivity contribution in [2.24, 2.45) is 0 Å². The molecule has 24 heavy (non-hydrogen) atoms. The van der Waals surface area contributed by atoms with Crippen LogP contribution < -0.4 is 5.43 Å². The van der Waals surface area contributed by atoms with E-state index in [4.69, 9.17) is 28.2 Å². The first-order valence-corrected chi connectivity index (χ1v) is 8.62. The van der Waals surface area contributed by atoms with Crippen molar-refractivity contribution in [1.29, 1.82) is 0 Å². The predicted octanol–water partition coefficient (Wildman–Crippen LogP) is 4.86. The Morgan fingerprint density at radius 2 is 2.17 bits per heavy atom. The highest BCUT2D eigenvalue weighted by molar-refractivity contribution is 7.71. The molecule has 2 aromatic heterocycles. The fourth-order valence-electron chi connectivity index (χ4n) is 2.42. The van der Waals surface area contributed by atoms with Crippen LogP contribution in [0.4, 0.5) is 0 Å². The average molecular weight is 363 g/mol. The van der Waals surface area contributed by atoms with Crippen molar-refractivity contribution in [3.05, 3.63) is 57.3 Å². The second-order valence-corrected chi connectivity index (χ2v) is 6.39. The van der Waals surface area contributed by atoms with Crippen LogP contribution >= 0.6 is 23.8 Å². The summed E-state index contributed by atoms with van der Waals surface area (Å²) in [5.74, 6) is 2.49. The maximum absolute atomic E-state index is 6.18. The van der Waals surface area contributed by atoms with Gasteiger partial charge in [0.1, 0.15) is 11.5 Å². The number of aromatic amines is 1. The van der Waals surface area contributed by atoms with Crippen molar-refractivity contribution in [2.45, 2.75) is 33.2 Å². The monoisotopic (exact) mass is 362 g/mol. The lowest BCUT2D eigenvalue weighted by Gasteiger charge is -2.08. The van der Waals surface area contributed by atoms with E-state index < -0.39 is 0 Å². The van der Waals surface area contributed by atoms with Gasteiger partial charge in [0.15, 0.2) is 5.82 Å². The number of nitrogens with one attached hydrogen (secondary N) is 2. The van der Waals surface area contributed by atoms with Crippen LogP contribution in [0.5, 0.6) is 0 Å². The molecule has 5 nitrogen and oxygen atoms in total. The van der Waals surface area contributed by atoms with Crippen molar-refractivity contribution in [3.63, 3.8) is 0 Å². The highest BCUT2D eigenvalue weighted by Crippen LogP contribution is 2.26. The summed E-state index contributed by atoms with van der Waals surface area (Å²) in [7, 11) is 0. The number of halogens is 1. The summed E-state index contributed by atoms with van der Waals surface area (Å²) in [5, 5.41) is 7.77. The highest BCUT2D eigenvalue weighted by Gasteiger charge is 2.08. The molecule has 7 heteroatoms. The maximum Gasteiger partial charge on any atom is 0.214 e. The molecular weight excluding hydrogens is 344 g/mol. The molecule has 0 bridgehead atoms. The zero-order chi connectivity index (χ0) is 17.1. The van der Waals surface area contributed by atoms with Crippen molar-refractivity contribution in [2.75, 3.05) is 5.43 Å². The minimum Gasteiger partial charge on any atom is -0.459 e. The van der Waals surface area contributed by atoms with Gasteiger partial charge in [-0.3, -0.25) is 5.10 Å². The molecule has 3 aromatic rings. The van der Waals surface area contributed by atoms with Crippen LogP contribution in [0, 0.1) is 11.7 Å². The molecule has 0 fully saturated rings. The molecule has 0 saturated heterocycles. The van der Waals surface area contributed by atoms with Gasteiger partial charge in [-0.2, -0.15) is 5.10 Å². The Hall–Kier alpha value is -2.05. The molecule has 3 rings (SSSR count). The first-order chi connectivity index (χ1) is 11.6. The third-order valence-corrected chi connectivity index (χ3v) is 4.43. The summed E-state index contributed by atoms with van der Waals surface area (Å²) in [6, 6.07) is 9.79. The highest BCUT2D eigenvalue weighted by atomic mass is 35.5. The third kappa shape index (κ3) is 3.55. The molecule has 2 N–H and O–H groups in total. The zero-order valence-electron chi connectivity index (χ0n) is 13.6. The van der Waals surface area contributed by atoms with E-state index in [-0.39, 0.29) is 0 Å². The third-order valence-electron chi connectivity index (χ3n) is 3.74. The van der Waals surface area contributed by atoms with Gasteiger partial charge in [0, 0.05) is 17.0 Å². The van der Waals surface area contributed by atoms with Crippen molar-refractivity contribution >= 4 is 23.8 Å². The fraction of sp³-hybridized carbons (Fsp3) is 0.294. The number of aryl methyl sites for hydroxylation is 2. The summed E-state index contributed by atoms with van der Waals surface area (Å²) in [5.41, 5.74) is 5.26. The van der Waals surface area contributed by atoms with Crippen LogP contribution in [-0.4, -0.2) is 14.9 Å². The minimum absolute atomic E-state index is 0.518. The lowest BCUT2D eigenvalue weighted by atomic mass is 10.1. The first-order valence-electron chi connectivity index (χ1n) is 7.84. The molecular formula is C17H19ClN4OS. The van der Waals surface area contributed by atoms with Gasteiger partial charge < -0.3 is 9.84 Å². The average Bonchev–Trinajstić information content (AvgIpc) is 3.16. The topological polar surface area (TPSA) is 58.8 Å². The molecule has 0 amide bonds. The van der Waals surface area contributed by atoms with E-state index in [9.17, 15) is 0 Å². The van der Waals surface area contributed by atoms with Crippen molar-refractivity contribution < 1.29 is 4.42 Å². The quantitative estimate of drug-likeness (QED) is 0.615. The number of nitrogens with zero attached hydrogens (tertiary/aromatic N) is 2. The van der Waals surface area contributed by atoms with Crippen molar-refractivity contribution in [1.82, 2.24) is 14.9 Å². The number of rotatable bonds is 6. The lowest BCUT2D eigenvalue weighted by Crippen LogP contribution is -2.17. The number of hydrogen-bond donors (Lipinski definition) is 2. The summed E-state index contributed by atoms with van der Waals surface area (Å²) < 4.78 is 8.25. The van der Waals surface area contributed by atoms with Gasteiger partial charge in [-0.15, -0.1) is 0 Å². The second-order valence-electron chi connectivity index (χ2n) is 5.60. The molecule has 126 valence electrons. The van der Waals surface area contributed by atoms with Gasteiger partial charge in [-0.25, -0.2) is 4.68 Å². The van der Waals surface area contributed by atoms with Crippen LogP contribution in [0.1, 0.15) is 30.5 Å². The smallest absolute Gasteiger partial charge is 0.214 e. The largest absolute Gasteiger partial charge is 0.459 e. The van der Waals surface area contributed by atoms with Gasteiger partial charge in [0.25, 0.3) is 0 Å². The molecule has 0 spiro atoms. The summed E-state index contributed by atoms with van der Waals surface area (Å²) in [6.07, 6.45) is 1.85. The first kappa shape index (κ1) is 16.8. The fourth-order valence-corrected chi connectivity index (χ4v) is 2.81. The molecule has 0 aliphatic heterocycles. The van der Waals surface area contributed by atoms with Crippen LogP contribution in [0.3, 0.4) is 0 Å². The van der Waals surface area contributed by atoms with E-state index in [1.54, 1.807) is 4.68 Å². The lowest BCUT2D eigenvalue weighted by molar-refractivity contribution is 0.520. The summed E-state index contributed by atoms with van der Waals surface area (Å²) >= 11 is 11.4. The van der Waals surface area contributed by atoms with E-state index in [1.165, 1.54) is 0 Å². The maximum atomic E-state index is 6.18. The van der Waals surface area contributed by atoms with Gasteiger partial charge in [0.2, 0.25) is 4.77 Å². The van der Waals surface area contributed by atoms with E-state index in [0.717, 1.165) is 46.3 Å². The molecule has 0 saturated carbocycles. The summed E-state index contributed by atoms with van der Waals surface area (Å²) in [4.78, 5) is 0. The molecule has 1 aromatic carbocycles. The molecule has 0 unspecified atom stereocenters. The Kier molecular flexibility index (Phi) is 5.06. The number of benzene rings is 1. The van der Waals surface area contributed by atoms with Crippen LogP contribution in [0.15, 0.2) is 34.7 Å². The van der Waals surface area contributed by atoms with E-state index in [0.29, 0.717) is 11.3 Å². The number of furan rings is 1. The standard InChI is InChI=1S/C17H19ClN4OS/c1-3-4-16-20-21-17(24)22(16)19-10-13-7-8-15(23-13)12-6-5-11(2)14(18)9-12/h5-9,19H,3-4,10H2,1-2H3,(H,21,24). The van der Waals surface area contributed by atoms with Gasteiger partial charge in [-0.05, 0) is 49.3 Å². The van der Waals surface area contributed by atoms with E-state index in [1.807, 2.05) is 37.3 Å². The van der Waals surface area contributed by atoms with Gasteiger partial charge in [-0.1, -0.05) is 30.7 Å². The Morgan fingerprint density at radius 3 is 2.92 bits per heavy atom. The Bertz CT molecular complexity index is 896. The number of hydrogen-bond acceptors (Lipinski definition) is 4. The SMILES string of the molecule is CCCc1n[nH]c(=S)n1NCc1ccc(-c2ccc(C)c(Cl)c2)o1. The zero-order valence-corrected chi connectivity index (χ0v) is 15.2. The van der Waals surface area contributed by atoms with E-state index >= 15 is 0 Å². The molecule has 0 aliphatic rings. The molecule has 0 atom stereocenters. The normalized spacial score (nSPS) is 11.0. The Labute approximate surface area is 150 Å². The number of H-pyrrole nitrogens is 1. The molecule has 2 heterocycles. The van der Waals surface area contributed by atoms with Crippen LogP contribution in [0.2, 0.25) is 5.02 Å². The van der Waals surface area contributed by atoms with Crippen LogP contribution in [-0.2, 0) is 13.0 Å². The minimum atomic E-state index is 0.518.